The van der Waals surface area contributed by atoms with Crippen molar-refractivity contribution in [2.75, 3.05) is 12.8 Å². The van der Waals surface area contributed by atoms with E-state index in [-0.39, 0.29) is 0 Å². The van der Waals surface area contributed by atoms with Gasteiger partial charge in [-0.1, -0.05) is 12.1 Å². The molecule has 0 saturated carbocycles. The Kier molecular flexibility index (Phi) is 5.03. The second-order valence-corrected chi connectivity index (χ2v) is 5.77. The highest BCUT2D eigenvalue weighted by Gasteiger charge is 2.15. The number of methoxy groups -OCH3 is 1. The predicted molar refractivity (Wildman–Crippen MR) is 83.7 cm³/mol. The van der Waals surface area contributed by atoms with Crippen molar-refractivity contribution in [2.24, 2.45) is 0 Å². The highest BCUT2D eigenvalue weighted by molar-refractivity contribution is 9.10. The van der Waals surface area contributed by atoms with Gasteiger partial charge in [0.15, 0.2) is 0 Å². The van der Waals surface area contributed by atoms with Gasteiger partial charge >= 0.3 is 5.97 Å². The molecule has 0 aliphatic carbocycles. The van der Waals surface area contributed by atoms with E-state index in [1.54, 1.807) is 12.3 Å². The Morgan fingerprint density at radius 3 is 2.90 bits per heavy atom. The molecule has 4 nitrogen and oxygen atoms in total. The molecule has 0 atom stereocenters. The van der Waals surface area contributed by atoms with E-state index in [4.69, 9.17) is 10.5 Å². The Labute approximate surface area is 129 Å². The lowest BCUT2D eigenvalue weighted by Gasteiger charge is -2.10. The Morgan fingerprint density at radius 1 is 1.40 bits per heavy atom. The number of anilines is 1. The van der Waals surface area contributed by atoms with Gasteiger partial charge in [-0.15, -0.1) is 11.8 Å². The van der Waals surface area contributed by atoms with Crippen LogP contribution in [-0.2, 0) is 10.5 Å². The molecule has 104 valence electrons. The number of benzene rings is 1. The number of ether oxygens (including phenoxy) is 1. The van der Waals surface area contributed by atoms with Crippen molar-refractivity contribution in [3.05, 3.63) is 52.1 Å². The van der Waals surface area contributed by atoms with Gasteiger partial charge in [-0.25, -0.2) is 9.78 Å². The first-order chi connectivity index (χ1) is 9.63. The fourth-order valence-electron chi connectivity index (χ4n) is 1.71. The molecule has 1 aromatic carbocycles. The lowest BCUT2D eigenvalue weighted by atomic mass is 10.1. The summed E-state index contributed by atoms with van der Waals surface area (Å²) in [5.74, 6) is 0.171. The molecule has 0 fully saturated rings. The molecule has 0 radical (unpaired) electrons. The number of halogens is 1. The lowest BCUT2D eigenvalue weighted by molar-refractivity contribution is 0.0601. The molecule has 0 unspecified atom stereocenters. The van der Waals surface area contributed by atoms with Gasteiger partial charge in [0.25, 0.3) is 0 Å². The average Bonchev–Trinajstić information content (AvgIpc) is 2.46. The van der Waals surface area contributed by atoms with E-state index < -0.39 is 5.97 Å². The first kappa shape index (κ1) is 14.9. The minimum absolute atomic E-state index is 0.418. The van der Waals surface area contributed by atoms with Gasteiger partial charge in [0.05, 0.1) is 12.7 Å². The quantitative estimate of drug-likeness (QED) is 0.518. The number of nitrogen functional groups attached to an aromatic ring is 1. The molecule has 2 aromatic rings. The van der Waals surface area contributed by atoms with Crippen LogP contribution in [0.5, 0.6) is 0 Å². The summed E-state index contributed by atoms with van der Waals surface area (Å²) < 4.78 is 5.71. The number of rotatable bonds is 4. The fourth-order valence-corrected chi connectivity index (χ4v) is 3.19. The maximum atomic E-state index is 11.8. The molecule has 0 saturated heterocycles. The summed E-state index contributed by atoms with van der Waals surface area (Å²) in [7, 11) is 1.35. The number of hydrogen-bond donors (Lipinski definition) is 1. The van der Waals surface area contributed by atoms with E-state index >= 15 is 0 Å². The molecule has 0 aliphatic rings. The highest BCUT2D eigenvalue weighted by atomic mass is 79.9. The van der Waals surface area contributed by atoms with Crippen LogP contribution in [0.15, 0.2) is 46.0 Å². The number of carbonyl (C=O) groups is 1. The maximum Gasteiger partial charge on any atom is 0.340 e. The van der Waals surface area contributed by atoms with Gasteiger partial charge < -0.3 is 10.5 Å². The predicted octanol–water partition coefficient (Wildman–Crippen LogP) is 3.51. The minimum atomic E-state index is -0.418. The van der Waals surface area contributed by atoms with Gasteiger partial charge in [-0.2, -0.15) is 0 Å². The molecular formula is C14H13BrN2O2S. The van der Waals surface area contributed by atoms with Crippen LogP contribution in [0.25, 0.3) is 0 Å². The van der Waals surface area contributed by atoms with Crippen LogP contribution >= 0.6 is 27.7 Å². The first-order valence-corrected chi connectivity index (χ1v) is 7.60. The van der Waals surface area contributed by atoms with E-state index in [2.05, 4.69) is 20.9 Å². The Bertz CT molecular complexity index is 634. The van der Waals surface area contributed by atoms with Gasteiger partial charge in [0, 0.05) is 22.1 Å². The molecular weight excluding hydrogens is 340 g/mol. The van der Waals surface area contributed by atoms with Crippen molar-refractivity contribution in [1.29, 1.82) is 0 Å². The van der Waals surface area contributed by atoms with Crippen molar-refractivity contribution >= 4 is 39.3 Å². The van der Waals surface area contributed by atoms with Crippen LogP contribution in [0.1, 0.15) is 15.9 Å². The van der Waals surface area contributed by atoms with Gasteiger partial charge in [-0.3, -0.25) is 0 Å². The van der Waals surface area contributed by atoms with Crippen molar-refractivity contribution in [2.45, 2.75) is 10.8 Å². The van der Waals surface area contributed by atoms with Crippen molar-refractivity contribution < 1.29 is 9.53 Å². The Morgan fingerprint density at radius 2 is 2.20 bits per heavy atom. The van der Waals surface area contributed by atoms with Crippen molar-refractivity contribution in [3.8, 4) is 0 Å². The molecule has 2 N–H and O–H groups in total. The number of carbonyl (C=O) groups excluding carboxylic acids is 1. The minimum Gasteiger partial charge on any atom is -0.465 e. The second-order valence-electron chi connectivity index (χ2n) is 3.95. The summed E-state index contributed by atoms with van der Waals surface area (Å²) >= 11 is 4.98. The largest absolute Gasteiger partial charge is 0.465 e. The third kappa shape index (κ3) is 3.32. The third-order valence-corrected chi connectivity index (χ3v) is 4.62. The van der Waals surface area contributed by atoms with E-state index in [0.29, 0.717) is 17.0 Å². The number of aromatic nitrogens is 1. The number of nitrogens with two attached hydrogens (primary N) is 1. The van der Waals surface area contributed by atoms with E-state index in [9.17, 15) is 4.79 Å². The molecule has 0 amide bonds. The molecule has 2 rings (SSSR count). The Balaban J connectivity index is 2.24. The number of pyridine rings is 1. The monoisotopic (exact) mass is 352 g/mol. The molecule has 0 bridgehead atoms. The van der Waals surface area contributed by atoms with Gasteiger partial charge in [0.2, 0.25) is 0 Å². The van der Waals surface area contributed by atoms with Crippen LogP contribution in [0.3, 0.4) is 0 Å². The molecule has 20 heavy (non-hydrogen) atoms. The second kappa shape index (κ2) is 6.76. The summed E-state index contributed by atoms with van der Waals surface area (Å²) in [5, 5.41) is 0.866. The molecule has 0 spiro atoms. The van der Waals surface area contributed by atoms with Gasteiger partial charge in [0.1, 0.15) is 5.03 Å². The first-order valence-electron chi connectivity index (χ1n) is 5.82. The van der Waals surface area contributed by atoms with Crippen LogP contribution < -0.4 is 5.73 Å². The zero-order valence-corrected chi connectivity index (χ0v) is 13.2. The number of esters is 1. The summed E-state index contributed by atoms with van der Waals surface area (Å²) in [6.45, 7) is 0. The van der Waals surface area contributed by atoms with Crippen LogP contribution in [0.4, 0.5) is 5.69 Å². The van der Waals surface area contributed by atoms with E-state index in [1.807, 2.05) is 24.3 Å². The summed E-state index contributed by atoms with van der Waals surface area (Å²) in [6.07, 6.45) is 1.73. The maximum absolute atomic E-state index is 11.8. The summed E-state index contributed by atoms with van der Waals surface area (Å²) in [4.78, 5) is 16.1. The zero-order chi connectivity index (χ0) is 14.5. The standard InChI is InChI=1S/C14H13BrN2O2S/c1-19-14(18)12-9(4-2-6-11(12)16)8-20-13-10(15)5-3-7-17-13/h2-7H,8,16H2,1H3. The SMILES string of the molecule is COC(=O)c1c(N)cccc1CSc1ncccc1Br. The molecule has 6 heteroatoms. The summed E-state index contributed by atoms with van der Waals surface area (Å²) in [5.41, 5.74) is 7.55. The van der Waals surface area contributed by atoms with Crippen LogP contribution in [-0.4, -0.2) is 18.1 Å². The van der Waals surface area contributed by atoms with Crippen LogP contribution in [0.2, 0.25) is 0 Å². The summed E-state index contributed by atoms with van der Waals surface area (Å²) in [6, 6.07) is 9.17. The van der Waals surface area contributed by atoms with Crippen LogP contribution in [0, 0.1) is 0 Å². The smallest absolute Gasteiger partial charge is 0.340 e. The van der Waals surface area contributed by atoms with Gasteiger partial charge in [-0.05, 0) is 39.7 Å². The number of thioether (sulfide) groups is 1. The normalized spacial score (nSPS) is 10.3. The third-order valence-electron chi connectivity index (χ3n) is 2.66. The zero-order valence-electron chi connectivity index (χ0n) is 10.8. The molecule has 1 heterocycles. The topological polar surface area (TPSA) is 65.2 Å². The number of nitrogens with zero attached hydrogens (tertiary/aromatic N) is 1. The van der Waals surface area contributed by atoms with Crippen molar-refractivity contribution in [1.82, 2.24) is 4.98 Å². The van der Waals surface area contributed by atoms with E-state index in [1.165, 1.54) is 18.9 Å². The average molecular weight is 353 g/mol. The fraction of sp³-hybridized carbons (Fsp3) is 0.143. The van der Waals surface area contributed by atoms with Crippen molar-refractivity contribution in [3.63, 3.8) is 0 Å². The number of hydrogen-bond acceptors (Lipinski definition) is 5. The van der Waals surface area contributed by atoms with E-state index in [0.717, 1.165) is 15.1 Å². The molecule has 1 aromatic heterocycles. The highest BCUT2D eigenvalue weighted by Crippen LogP contribution is 2.30. The lowest BCUT2D eigenvalue weighted by Crippen LogP contribution is -2.09. The Hall–Kier alpha value is -1.53. The molecule has 0 aliphatic heterocycles.